The number of sulfone groups is 1. The normalized spacial score (nSPS) is 25.9. The molecule has 0 bridgehead atoms. The molecule has 4 rings (SSSR count). The SMILES string of the molecule is CCn1cc(CN2CCN(c3ncccn3)[C@@H]3CS(=O)(=O)C[C@@H]32)cn1. The average molecular weight is 362 g/mol. The molecule has 2 aromatic heterocycles. The number of aryl methyl sites for hydroxylation is 1. The number of rotatable bonds is 4. The van der Waals surface area contributed by atoms with E-state index in [1.807, 2.05) is 17.1 Å². The summed E-state index contributed by atoms with van der Waals surface area (Å²) in [6.07, 6.45) is 7.30. The molecule has 0 spiro atoms. The summed E-state index contributed by atoms with van der Waals surface area (Å²) < 4.78 is 26.5. The number of hydrogen-bond acceptors (Lipinski definition) is 7. The van der Waals surface area contributed by atoms with E-state index in [4.69, 9.17) is 0 Å². The maximum Gasteiger partial charge on any atom is 0.225 e. The van der Waals surface area contributed by atoms with Crippen LogP contribution in [0.5, 0.6) is 0 Å². The highest BCUT2D eigenvalue weighted by molar-refractivity contribution is 7.91. The van der Waals surface area contributed by atoms with Crippen LogP contribution < -0.4 is 4.90 Å². The number of hydrogen-bond donors (Lipinski definition) is 0. The summed E-state index contributed by atoms with van der Waals surface area (Å²) in [4.78, 5) is 13.0. The van der Waals surface area contributed by atoms with Crippen molar-refractivity contribution in [3.63, 3.8) is 0 Å². The molecule has 0 radical (unpaired) electrons. The van der Waals surface area contributed by atoms with E-state index < -0.39 is 9.84 Å². The lowest BCUT2D eigenvalue weighted by molar-refractivity contribution is 0.159. The lowest BCUT2D eigenvalue weighted by Crippen LogP contribution is -2.59. The van der Waals surface area contributed by atoms with E-state index in [1.165, 1.54) is 0 Å². The van der Waals surface area contributed by atoms with Gasteiger partial charge in [0.2, 0.25) is 5.95 Å². The van der Waals surface area contributed by atoms with Gasteiger partial charge in [0.25, 0.3) is 0 Å². The molecule has 0 aromatic carbocycles. The number of anilines is 1. The number of fused-ring (bicyclic) bond motifs is 1. The molecule has 134 valence electrons. The summed E-state index contributed by atoms with van der Waals surface area (Å²) in [6.45, 7) is 5.11. The third-order valence-electron chi connectivity index (χ3n) is 5.00. The van der Waals surface area contributed by atoms with Crippen LogP contribution in [0.3, 0.4) is 0 Å². The first kappa shape index (κ1) is 16.5. The third-order valence-corrected chi connectivity index (χ3v) is 6.70. The minimum Gasteiger partial charge on any atom is -0.334 e. The van der Waals surface area contributed by atoms with Gasteiger partial charge in [0, 0.05) is 56.4 Å². The van der Waals surface area contributed by atoms with Gasteiger partial charge >= 0.3 is 0 Å². The van der Waals surface area contributed by atoms with E-state index in [0.29, 0.717) is 5.95 Å². The summed E-state index contributed by atoms with van der Waals surface area (Å²) in [5.41, 5.74) is 1.12. The number of piperazine rings is 1. The molecule has 2 atom stereocenters. The number of aromatic nitrogens is 4. The van der Waals surface area contributed by atoms with Crippen LogP contribution in [0.15, 0.2) is 30.9 Å². The second-order valence-corrected chi connectivity index (χ2v) is 8.78. The quantitative estimate of drug-likeness (QED) is 0.767. The van der Waals surface area contributed by atoms with Crippen LogP contribution in [-0.2, 0) is 22.9 Å². The van der Waals surface area contributed by atoms with Gasteiger partial charge in [0.15, 0.2) is 9.84 Å². The van der Waals surface area contributed by atoms with Gasteiger partial charge < -0.3 is 4.90 Å². The van der Waals surface area contributed by atoms with Crippen LogP contribution in [0.4, 0.5) is 5.95 Å². The summed E-state index contributed by atoms with van der Waals surface area (Å²) in [5.74, 6) is 0.983. The highest BCUT2D eigenvalue weighted by atomic mass is 32.2. The zero-order valence-corrected chi connectivity index (χ0v) is 15.0. The van der Waals surface area contributed by atoms with E-state index in [9.17, 15) is 8.42 Å². The van der Waals surface area contributed by atoms with Gasteiger partial charge in [-0.25, -0.2) is 18.4 Å². The van der Waals surface area contributed by atoms with Crippen molar-refractivity contribution in [2.24, 2.45) is 0 Å². The van der Waals surface area contributed by atoms with E-state index in [1.54, 1.807) is 18.5 Å². The first-order valence-corrected chi connectivity index (χ1v) is 10.4. The van der Waals surface area contributed by atoms with Crippen molar-refractivity contribution in [1.29, 1.82) is 0 Å². The standard InChI is InChI=1S/C16H22N6O2S/c1-2-21-10-13(8-19-21)9-20-6-7-22(16-17-4-3-5-18-16)15-12-25(23,24)11-14(15)20/h3-5,8,10,14-15H,2,6-7,9,11-12H2,1H3/t14-,15+/m0/s1. The highest BCUT2D eigenvalue weighted by Crippen LogP contribution is 2.30. The Bertz CT molecular complexity index is 837. The largest absolute Gasteiger partial charge is 0.334 e. The predicted octanol–water partition coefficient (Wildman–Crippen LogP) is 0.181. The molecule has 25 heavy (non-hydrogen) atoms. The maximum atomic E-state index is 12.3. The fraction of sp³-hybridized carbons (Fsp3) is 0.562. The van der Waals surface area contributed by atoms with Gasteiger partial charge in [-0.05, 0) is 13.0 Å². The Hall–Kier alpha value is -2.00. The molecule has 2 aromatic rings. The zero-order chi connectivity index (χ0) is 17.4. The third kappa shape index (κ3) is 3.25. The van der Waals surface area contributed by atoms with E-state index in [-0.39, 0.29) is 23.6 Å². The van der Waals surface area contributed by atoms with Crippen LogP contribution in [0, 0.1) is 0 Å². The van der Waals surface area contributed by atoms with Crippen LogP contribution >= 0.6 is 0 Å². The molecule has 2 saturated heterocycles. The molecule has 9 heteroatoms. The topological polar surface area (TPSA) is 84.2 Å². The first-order valence-electron chi connectivity index (χ1n) is 8.55. The number of nitrogens with zero attached hydrogens (tertiary/aromatic N) is 6. The van der Waals surface area contributed by atoms with Crippen LogP contribution in [0.1, 0.15) is 12.5 Å². The molecule has 8 nitrogen and oxygen atoms in total. The van der Waals surface area contributed by atoms with Gasteiger partial charge in [-0.3, -0.25) is 9.58 Å². The molecule has 0 saturated carbocycles. The Morgan fingerprint density at radius 2 is 1.92 bits per heavy atom. The first-order chi connectivity index (χ1) is 12.1. The summed E-state index contributed by atoms with van der Waals surface area (Å²) in [7, 11) is -3.05. The Labute approximate surface area is 147 Å². The van der Waals surface area contributed by atoms with Crippen molar-refractivity contribution in [3.05, 3.63) is 36.4 Å². The molecule has 0 aliphatic carbocycles. The predicted molar refractivity (Wildman–Crippen MR) is 93.9 cm³/mol. The molecule has 2 aliphatic rings. The zero-order valence-electron chi connectivity index (χ0n) is 14.2. The molecule has 2 fully saturated rings. The molecule has 4 heterocycles. The fourth-order valence-electron chi connectivity index (χ4n) is 3.80. The molecule has 2 aliphatic heterocycles. The molecule has 0 N–H and O–H groups in total. The molecular weight excluding hydrogens is 340 g/mol. The Balaban J connectivity index is 1.58. The minimum atomic E-state index is -3.05. The second kappa shape index (κ2) is 6.38. The van der Waals surface area contributed by atoms with E-state index >= 15 is 0 Å². The lowest BCUT2D eigenvalue weighted by Gasteiger charge is -2.43. The van der Waals surface area contributed by atoms with Crippen molar-refractivity contribution in [3.8, 4) is 0 Å². The van der Waals surface area contributed by atoms with Crippen LogP contribution in [0.25, 0.3) is 0 Å². The summed E-state index contributed by atoms with van der Waals surface area (Å²) in [6, 6.07) is 1.64. The van der Waals surface area contributed by atoms with Gasteiger partial charge in [-0.2, -0.15) is 5.10 Å². The fourth-order valence-corrected chi connectivity index (χ4v) is 5.82. The van der Waals surface area contributed by atoms with Crippen molar-refractivity contribution in [1.82, 2.24) is 24.6 Å². The summed E-state index contributed by atoms with van der Waals surface area (Å²) in [5, 5.41) is 4.32. The molecular formula is C16H22N6O2S. The van der Waals surface area contributed by atoms with Gasteiger partial charge in [-0.1, -0.05) is 0 Å². The van der Waals surface area contributed by atoms with Crippen molar-refractivity contribution >= 4 is 15.8 Å². The van der Waals surface area contributed by atoms with E-state index in [0.717, 1.165) is 31.7 Å². The molecule has 0 unspecified atom stereocenters. The van der Waals surface area contributed by atoms with Gasteiger partial charge in [0.1, 0.15) is 0 Å². The average Bonchev–Trinajstić information content (AvgIpc) is 3.19. The Morgan fingerprint density at radius 1 is 1.16 bits per heavy atom. The Morgan fingerprint density at radius 3 is 2.64 bits per heavy atom. The van der Waals surface area contributed by atoms with Crippen molar-refractivity contribution < 1.29 is 8.42 Å². The van der Waals surface area contributed by atoms with Crippen LogP contribution in [0.2, 0.25) is 0 Å². The maximum absolute atomic E-state index is 12.3. The monoisotopic (exact) mass is 362 g/mol. The van der Waals surface area contributed by atoms with Crippen LogP contribution in [-0.4, -0.2) is 69.7 Å². The Kier molecular flexibility index (Phi) is 4.20. The van der Waals surface area contributed by atoms with Crippen molar-refractivity contribution in [2.45, 2.75) is 32.1 Å². The minimum absolute atomic E-state index is 0.0347. The second-order valence-electron chi connectivity index (χ2n) is 6.63. The summed E-state index contributed by atoms with van der Waals surface area (Å²) >= 11 is 0. The van der Waals surface area contributed by atoms with Gasteiger partial charge in [0.05, 0.1) is 23.7 Å². The smallest absolute Gasteiger partial charge is 0.225 e. The van der Waals surface area contributed by atoms with E-state index in [2.05, 4.69) is 31.8 Å². The van der Waals surface area contributed by atoms with Crippen molar-refractivity contribution in [2.75, 3.05) is 29.5 Å². The van der Waals surface area contributed by atoms with Gasteiger partial charge in [-0.15, -0.1) is 0 Å². The lowest BCUT2D eigenvalue weighted by atomic mass is 10.0. The highest BCUT2D eigenvalue weighted by Gasteiger charge is 2.47. The molecule has 0 amide bonds.